The molecule has 1 aromatic heterocycles. The third-order valence-electron chi connectivity index (χ3n) is 8.63. The van der Waals surface area contributed by atoms with Gasteiger partial charge in [0.15, 0.2) is 0 Å². The number of carbonyl (C=O) groups excluding carboxylic acids is 2. The van der Waals surface area contributed by atoms with Crippen molar-refractivity contribution in [3.05, 3.63) is 53.7 Å². The zero-order chi connectivity index (χ0) is 27.1. The number of piperidine rings is 1. The number of nitrogens with one attached hydrogen (secondary N) is 1. The number of fused-ring (bicyclic) bond motifs is 1. The summed E-state index contributed by atoms with van der Waals surface area (Å²) >= 11 is 0. The first kappa shape index (κ1) is 26.7. The Labute approximate surface area is 221 Å². The highest BCUT2D eigenvalue weighted by Gasteiger charge is 2.59. The van der Waals surface area contributed by atoms with Crippen LogP contribution in [0, 0.1) is 17.8 Å². The number of pyridine rings is 1. The fourth-order valence-electron chi connectivity index (χ4n) is 6.34. The maximum absolute atomic E-state index is 13.5. The molecule has 2 aromatic rings. The Morgan fingerprint density at radius 1 is 1.16 bits per heavy atom. The average molecular weight is 528 g/mol. The number of nitrogens with zero attached hydrogens (tertiary/aromatic N) is 2. The van der Waals surface area contributed by atoms with Gasteiger partial charge in [0, 0.05) is 73.9 Å². The van der Waals surface area contributed by atoms with E-state index in [-0.39, 0.29) is 36.0 Å². The molecular formula is C29H35F2N3O4. The largest absolute Gasteiger partial charge is 0.481 e. The first-order chi connectivity index (χ1) is 18.1. The van der Waals surface area contributed by atoms with Crippen LogP contribution in [0.15, 0.2) is 42.6 Å². The van der Waals surface area contributed by atoms with Gasteiger partial charge < -0.3 is 15.2 Å². The van der Waals surface area contributed by atoms with E-state index in [0.717, 1.165) is 38.4 Å². The van der Waals surface area contributed by atoms with Gasteiger partial charge in [-0.25, -0.2) is 13.8 Å². The predicted molar refractivity (Wildman–Crippen MR) is 138 cm³/mol. The minimum Gasteiger partial charge on any atom is -0.481 e. The summed E-state index contributed by atoms with van der Waals surface area (Å²) in [5.41, 5.74) is 0.104. The highest BCUT2D eigenvalue weighted by Crippen LogP contribution is 2.54. The second kappa shape index (κ2) is 10.3. The molecule has 1 saturated heterocycles. The van der Waals surface area contributed by atoms with Crippen molar-refractivity contribution in [2.75, 3.05) is 25.5 Å². The Bertz CT molecular complexity index is 1160. The number of hydrogen-bond acceptors (Lipinski definition) is 6. The molecule has 1 aromatic carbocycles. The van der Waals surface area contributed by atoms with E-state index in [0.29, 0.717) is 42.3 Å². The SMILES string of the molecule is COc1ccc(C2(O)CCC(N3C[C@@H]4C(C(=O)CCC(=O)Nc5cccc(C(C)(F)F)c5)[C@@H]4C3)CC2)cn1. The van der Waals surface area contributed by atoms with E-state index in [1.54, 1.807) is 25.4 Å². The van der Waals surface area contributed by atoms with Gasteiger partial charge in [0.05, 0.1) is 12.7 Å². The number of carbonyl (C=O) groups is 2. The number of amides is 1. The van der Waals surface area contributed by atoms with Gasteiger partial charge in [-0.05, 0) is 55.7 Å². The van der Waals surface area contributed by atoms with Gasteiger partial charge in [-0.2, -0.15) is 0 Å². The zero-order valence-corrected chi connectivity index (χ0v) is 21.8. The van der Waals surface area contributed by atoms with Crippen molar-refractivity contribution < 1.29 is 28.2 Å². The molecule has 1 aliphatic heterocycles. The summed E-state index contributed by atoms with van der Waals surface area (Å²) < 4.78 is 32.2. The molecule has 3 atom stereocenters. The molecule has 0 radical (unpaired) electrons. The van der Waals surface area contributed by atoms with Crippen molar-refractivity contribution in [2.45, 2.75) is 63.0 Å². The number of methoxy groups -OCH3 is 1. The predicted octanol–water partition coefficient (Wildman–Crippen LogP) is 4.50. The summed E-state index contributed by atoms with van der Waals surface area (Å²) in [5.74, 6) is -1.96. The Hall–Kier alpha value is -2.91. The normalized spacial score (nSPS) is 29.0. The minimum atomic E-state index is -2.98. The van der Waals surface area contributed by atoms with E-state index in [2.05, 4.69) is 15.2 Å². The van der Waals surface area contributed by atoms with Crippen LogP contribution in [0.1, 0.15) is 56.6 Å². The monoisotopic (exact) mass is 527 g/mol. The standard InChI is InChI=1S/C29H35F2N3O4/c1-28(30,31)18-4-3-5-20(14-18)33-25(36)8-7-24(35)27-22-16-34(17-23(22)27)21-10-12-29(37,13-11-21)19-6-9-26(38-2)32-15-19/h3-6,9,14-15,21-23,27,37H,7-8,10-13,16-17H2,1-2H3,(H,33,36)/t21?,22-,23+,27?,29?. The molecule has 0 bridgehead atoms. The number of halogens is 2. The van der Waals surface area contributed by atoms with Gasteiger partial charge in [0.2, 0.25) is 11.8 Å². The fourth-order valence-corrected chi connectivity index (χ4v) is 6.34. The Balaban J connectivity index is 1.05. The molecule has 0 spiro atoms. The number of aromatic nitrogens is 1. The zero-order valence-electron chi connectivity index (χ0n) is 21.8. The van der Waals surface area contributed by atoms with Crippen molar-refractivity contribution in [1.82, 2.24) is 9.88 Å². The average Bonchev–Trinajstić information content (AvgIpc) is 3.40. The van der Waals surface area contributed by atoms with Crippen LogP contribution >= 0.6 is 0 Å². The number of alkyl halides is 2. The summed E-state index contributed by atoms with van der Waals surface area (Å²) in [5, 5.41) is 13.8. The maximum Gasteiger partial charge on any atom is 0.270 e. The fraction of sp³-hybridized carbons (Fsp3) is 0.552. The summed E-state index contributed by atoms with van der Waals surface area (Å²) in [4.78, 5) is 31.8. The van der Waals surface area contributed by atoms with Crippen LogP contribution in [0.25, 0.3) is 0 Å². The molecule has 1 amide bonds. The number of anilines is 1. The Kier molecular flexibility index (Phi) is 7.26. The number of benzene rings is 1. The molecule has 2 heterocycles. The summed E-state index contributed by atoms with van der Waals surface area (Å²) in [6.45, 7) is 2.59. The summed E-state index contributed by atoms with van der Waals surface area (Å²) in [7, 11) is 1.57. The van der Waals surface area contributed by atoms with Gasteiger partial charge >= 0.3 is 0 Å². The molecule has 5 rings (SSSR count). The van der Waals surface area contributed by atoms with E-state index >= 15 is 0 Å². The van der Waals surface area contributed by atoms with Gasteiger partial charge in [0.1, 0.15) is 5.78 Å². The number of likely N-dealkylation sites (tertiary alicyclic amines) is 1. The Morgan fingerprint density at radius 2 is 1.87 bits per heavy atom. The number of hydrogen-bond donors (Lipinski definition) is 2. The molecule has 3 aliphatic rings. The van der Waals surface area contributed by atoms with Gasteiger partial charge in [-0.15, -0.1) is 0 Å². The maximum atomic E-state index is 13.5. The molecule has 38 heavy (non-hydrogen) atoms. The number of ether oxygens (including phenoxy) is 1. The number of Topliss-reactive ketones (excluding diaryl/α,β-unsaturated/α-hetero) is 1. The van der Waals surface area contributed by atoms with Crippen molar-refractivity contribution >= 4 is 17.4 Å². The van der Waals surface area contributed by atoms with Crippen molar-refractivity contribution in [3.8, 4) is 5.88 Å². The van der Waals surface area contributed by atoms with E-state index in [1.807, 2.05) is 6.07 Å². The number of aliphatic hydroxyl groups is 1. The Morgan fingerprint density at radius 3 is 2.47 bits per heavy atom. The third-order valence-corrected chi connectivity index (χ3v) is 8.63. The number of ketones is 1. The summed E-state index contributed by atoms with van der Waals surface area (Å²) in [6, 6.07) is 9.69. The molecule has 3 fully saturated rings. The van der Waals surface area contributed by atoms with Gasteiger partial charge in [0.25, 0.3) is 5.92 Å². The summed E-state index contributed by atoms with van der Waals surface area (Å²) in [6.07, 6.45) is 5.05. The molecule has 2 aliphatic carbocycles. The quantitative estimate of drug-likeness (QED) is 0.499. The van der Waals surface area contributed by atoms with Crippen LogP contribution in [-0.4, -0.2) is 52.9 Å². The first-order valence-corrected chi connectivity index (χ1v) is 13.4. The van der Waals surface area contributed by atoms with Crippen LogP contribution in [-0.2, 0) is 21.1 Å². The van der Waals surface area contributed by atoms with Crippen LogP contribution in [0.4, 0.5) is 14.5 Å². The lowest BCUT2D eigenvalue weighted by Crippen LogP contribution is -2.43. The lowest BCUT2D eigenvalue weighted by molar-refractivity contribution is -0.124. The van der Waals surface area contributed by atoms with Crippen LogP contribution in [0.5, 0.6) is 5.88 Å². The topological polar surface area (TPSA) is 91.8 Å². The first-order valence-electron chi connectivity index (χ1n) is 13.4. The molecule has 1 unspecified atom stereocenters. The lowest BCUT2D eigenvalue weighted by Gasteiger charge is -2.40. The van der Waals surface area contributed by atoms with E-state index in [4.69, 9.17) is 4.74 Å². The van der Waals surface area contributed by atoms with Crippen LogP contribution in [0.3, 0.4) is 0 Å². The molecular weight excluding hydrogens is 492 g/mol. The van der Waals surface area contributed by atoms with Gasteiger partial charge in [-0.1, -0.05) is 12.1 Å². The second-order valence-electron chi connectivity index (χ2n) is 11.1. The second-order valence-corrected chi connectivity index (χ2v) is 11.1. The lowest BCUT2D eigenvalue weighted by atomic mass is 9.78. The highest BCUT2D eigenvalue weighted by molar-refractivity contribution is 5.94. The minimum absolute atomic E-state index is 0.0204. The highest BCUT2D eigenvalue weighted by atomic mass is 19.3. The molecule has 2 N–H and O–H groups in total. The van der Waals surface area contributed by atoms with Gasteiger partial charge in [-0.3, -0.25) is 14.5 Å². The molecule has 204 valence electrons. The molecule has 2 saturated carbocycles. The van der Waals surface area contributed by atoms with Crippen LogP contribution < -0.4 is 10.1 Å². The van der Waals surface area contributed by atoms with E-state index in [9.17, 15) is 23.5 Å². The molecule has 9 heteroatoms. The third kappa shape index (κ3) is 5.59. The van der Waals surface area contributed by atoms with Crippen molar-refractivity contribution in [3.63, 3.8) is 0 Å². The number of rotatable bonds is 9. The van der Waals surface area contributed by atoms with E-state index in [1.165, 1.54) is 18.2 Å². The van der Waals surface area contributed by atoms with Crippen molar-refractivity contribution in [1.29, 1.82) is 0 Å². The molecule has 7 nitrogen and oxygen atoms in total. The smallest absolute Gasteiger partial charge is 0.270 e. The van der Waals surface area contributed by atoms with Crippen molar-refractivity contribution in [2.24, 2.45) is 17.8 Å². The van der Waals surface area contributed by atoms with E-state index < -0.39 is 11.5 Å². The van der Waals surface area contributed by atoms with Crippen LogP contribution in [0.2, 0.25) is 0 Å².